The third kappa shape index (κ3) is 4.31. The van der Waals surface area contributed by atoms with Crippen LogP contribution in [-0.2, 0) is 17.1 Å². The summed E-state index contributed by atoms with van der Waals surface area (Å²) in [6.45, 7) is 1.62. The highest BCUT2D eigenvalue weighted by atomic mass is 79.9. The van der Waals surface area contributed by atoms with Gasteiger partial charge in [0.2, 0.25) is 0 Å². The maximum absolute atomic E-state index is 12.8. The summed E-state index contributed by atoms with van der Waals surface area (Å²) in [4.78, 5) is 16.8. The van der Waals surface area contributed by atoms with Crippen LogP contribution in [0.15, 0.2) is 52.0 Å². The quantitative estimate of drug-likeness (QED) is 0.575. The smallest absolute Gasteiger partial charge is 0.285 e. The van der Waals surface area contributed by atoms with E-state index in [-0.39, 0.29) is 10.6 Å². The molecular weight excluding hydrogens is 482 g/mol. The molecule has 0 unspecified atom stereocenters. The fourth-order valence-electron chi connectivity index (χ4n) is 2.78. The van der Waals surface area contributed by atoms with Gasteiger partial charge in [0, 0.05) is 24.9 Å². The van der Waals surface area contributed by atoms with E-state index >= 15 is 0 Å². The van der Waals surface area contributed by atoms with Gasteiger partial charge in [0.1, 0.15) is 17.3 Å². The van der Waals surface area contributed by atoms with Crippen molar-refractivity contribution in [3.05, 3.63) is 63.3 Å². The Labute approximate surface area is 181 Å². The Kier molecular flexibility index (Phi) is 6.02. The average Bonchev–Trinajstić information content (AvgIpc) is 3.03. The molecule has 0 aliphatic rings. The van der Waals surface area contributed by atoms with E-state index in [4.69, 9.17) is 16.3 Å². The Morgan fingerprint density at radius 2 is 1.97 bits per heavy atom. The van der Waals surface area contributed by atoms with Crippen LogP contribution in [0, 0.1) is 6.92 Å². The average molecular weight is 499 g/mol. The zero-order valence-corrected chi connectivity index (χ0v) is 18.9. The van der Waals surface area contributed by atoms with Gasteiger partial charge in [-0.1, -0.05) is 23.7 Å². The van der Waals surface area contributed by atoms with E-state index in [2.05, 4.69) is 25.6 Å². The van der Waals surface area contributed by atoms with Crippen LogP contribution in [0.3, 0.4) is 0 Å². The zero-order valence-electron chi connectivity index (χ0n) is 15.7. The van der Waals surface area contributed by atoms with Crippen molar-refractivity contribution in [2.45, 2.75) is 11.8 Å². The molecule has 0 spiro atoms. The normalized spacial score (nSPS) is 11.3. The van der Waals surface area contributed by atoms with Crippen LogP contribution in [0.4, 0.5) is 0 Å². The lowest BCUT2D eigenvalue weighted by Crippen LogP contribution is -2.31. The molecule has 0 fully saturated rings. The number of hydrogen-bond donors (Lipinski definition) is 1. The molecule has 152 valence electrons. The van der Waals surface area contributed by atoms with Crippen LogP contribution in [0.25, 0.3) is 11.4 Å². The van der Waals surface area contributed by atoms with Gasteiger partial charge in [-0.25, -0.2) is 18.1 Å². The van der Waals surface area contributed by atoms with Crippen molar-refractivity contribution in [2.24, 2.45) is 7.05 Å². The van der Waals surface area contributed by atoms with Crippen molar-refractivity contribution in [3.8, 4) is 17.1 Å². The van der Waals surface area contributed by atoms with Crippen LogP contribution >= 0.6 is 27.5 Å². The number of nitrogens with one attached hydrogen (secondary N) is 1. The number of amides is 1. The fraction of sp³-hybridized carbons (Fsp3) is 0.158. The van der Waals surface area contributed by atoms with Gasteiger partial charge >= 0.3 is 0 Å². The van der Waals surface area contributed by atoms with Gasteiger partial charge < -0.3 is 9.30 Å². The fourth-order valence-corrected chi connectivity index (χ4v) is 4.82. The van der Waals surface area contributed by atoms with E-state index in [0.29, 0.717) is 32.2 Å². The van der Waals surface area contributed by atoms with Gasteiger partial charge in [-0.3, -0.25) is 4.79 Å². The second kappa shape index (κ2) is 8.17. The maximum atomic E-state index is 12.8. The van der Waals surface area contributed by atoms with Gasteiger partial charge in [0.05, 0.1) is 21.5 Å². The summed E-state index contributed by atoms with van der Waals surface area (Å²) in [5.74, 6) is -0.0675. The number of aromatic nitrogens is 2. The summed E-state index contributed by atoms with van der Waals surface area (Å²) < 4.78 is 35.0. The summed E-state index contributed by atoms with van der Waals surface area (Å²) >= 11 is 9.50. The number of nitrogens with zero attached hydrogens (tertiary/aromatic N) is 2. The number of rotatable bonds is 5. The molecule has 1 heterocycles. The van der Waals surface area contributed by atoms with E-state index in [1.54, 1.807) is 48.9 Å². The van der Waals surface area contributed by atoms with Crippen molar-refractivity contribution in [1.29, 1.82) is 0 Å². The lowest BCUT2D eigenvalue weighted by Gasteiger charge is -2.11. The molecule has 0 atom stereocenters. The topological polar surface area (TPSA) is 90.3 Å². The Morgan fingerprint density at radius 3 is 2.62 bits per heavy atom. The number of hydrogen-bond acceptors (Lipinski definition) is 5. The lowest BCUT2D eigenvalue weighted by atomic mass is 10.2. The molecule has 29 heavy (non-hydrogen) atoms. The van der Waals surface area contributed by atoms with Crippen molar-refractivity contribution < 1.29 is 17.9 Å². The lowest BCUT2D eigenvalue weighted by molar-refractivity contribution is 0.0977. The number of methoxy groups -OCH3 is 1. The molecule has 0 saturated carbocycles. The first-order valence-electron chi connectivity index (χ1n) is 8.33. The molecule has 0 aliphatic carbocycles. The Hall–Kier alpha value is -2.36. The second-order valence-electron chi connectivity index (χ2n) is 6.23. The maximum Gasteiger partial charge on any atom is 0.285 e. The minimum absolute atomic E-state index is 0.0484. The summed E-state index contributed by atoms with van der Waals surface area (Å²) in [6.07, 6.45) is 1.44. The zero-order chi connectivity index (χ0) is 21.3. The Bertz CT molecular complexity index is 1210. The van der Waals surface area contributed by atoms with Crippen molar-refractivity contribution in [3.63, 3.8) is 0 Å². The van der Waals surface area contributed by atoms with Gasteiger partial charge in [0.15, 0.2) is 0 Å². The molecule has 0 saturated heterocycles. The third-order valence-electron chi connectivity index (χ3n) is 4.19. The van der Waals surface area contributed by atoms with E-state index in [1.807, 2.05) is 0 Å². The van der Waals surface area contributed by atoms with E-state index in [9.17, 15) is 13.2 Å². The molecule has 3 rings (SSSR count). The molecule has 1 aromatic heterocycles. The van der Waals surface area contributed by atoms with Crippen LogP contribution in [-0.4, -0.2) is 31.0 Å². The second-order valence-corrected chi connectivity index (χ2v) is 9.14. The number of aryl methyl sites for hydroxylation is 2. The number of carbonyl (C=O) groups excluding carboxylic acids is 1. The van der Waals surface area contributed by atoms with Crippen molar-refractivity contribution >= 4 is 43.5 Å². The number of imidazole rings is 1. The van der Waals surface area contributed by atoms with Crippen molar-refractivity contribution in [1.82, 2.24) is 14.3 Å². The number of carbonyl (C=O) groups is 1. The van der Waals surface area contributed by atoms with E-state index in [0.717, 1.165) is 0 Å². The van der Waals surface area contributed by atoms with Gasteiger partial charge in [-0.2, -0.15) is 0 Å². The minimum atomic E-state index is -4.14. The summed E-state index contributed by atoms with van der Waals surface area (Å²) in [5, 5.41) is 0.471. The van der Waals surface area contributed by atoms with E-state index < -0.39 is 15.9 Å². The molecule has 1 N–H and O–H groups in total. The van der Waals surface area contributed by atoms with Crippen LogP contribution in [0.5, 0.6) is 5.75 Å². The predicted octanol–water partition coefficient (Wildman–Crippen LogP) is 3.94. The van der Waals surface area contributed by atoms with Crippen LogP contribution < -0.4 is 9.46 Å². The molecular formula is C19H17BrClN3O4S. The standard InChI is InChI=1S/C19H17BrClN3O4S/c1-11-8-13(20)16(28-3)9-17(11)29(26,27)23-19(25)15-10-24(2)18(22-15)12-6-4-5-7-14(12)21/h4-10H,1-3H3,(H,23,25). The number of benzene rings is 2. The molecule has 0 radical (unpaired) electrons. The van der Waals surface area contributed by atoms with E-state index in [1.165, 1.54) is 19.4 Å². The SMILES string of the molecule is COc1cc(S(=O)(=O)NC(=O)c2cn(C)c(-c3ccccc3Cl)n2)c(C)cc1Br. The Balaban J connectivity index is 1.93. The minimum Gasteiger partial charge on any atom is -0.496 e. The molecule has 1 amide bonds. The highest BCUT2D eigenvalue weighted by Crippen LogP contribution is 2.31. The molecule has 3 aromatic rings. The number of ether oxygens (including phenoxy) is 1. The molecule has 7 nitrogen and oxygen atoms in total. The molecule has 0 aliphatic heterocycles. The first-order chi connectivity index (χ1) is 13.6. The highest BCUT2D eigenvalue weighted by Gasteiger charge is 2.24. The van der Waals surface area contributed by atoms with Gasteiger partial charge in [0.25, 0.3) is 15.9 Å². The molecule has 2 aromatic carbocycles. The summed E-state index contributed by atoms with van der Waals surface area (Å²) in [5.41, 5.74) is 1.04. The van der Waals surface area contributed by atoms with Crippen molar-refractivity contribution in [2.75, 3.05) is 7.11 Å². The predicted molar refractivity (Wildman–Crippen MR) is 114 cm³/mol. The number of sulfonamides is 1. The number of halogens is 2. The van der Waals surface area contributed by atoms with Gasteiger partial charge in [-0.05, 0) is 46.6 Å². The first kappa shape index (κ1) is 21.4. The monoisotopic (exact) mass is 497 g/mol. The van der Waals surface area contributed by atoms with Crippen LogP contribution in [0.2, 0.25) is 5.02 Å². The summed E-state index contributed by atoms with van der Waals surface area (Å²) in [7, 11) is -1.02. The van der Waals surface area contributed by atoms with Gasteiger partial charge in [-0.15, -0.1) is 0 Å². The summed E-state index contributed by atoms with van der Waals surface area (Å²) in [6, 6.07) is 10.0. The molecule has 10 heteroatoms. The Morgan fingerprint density at radius 1 is 1.28 bits per heavy atom. The molecule has 0 bridgehead atoms. The first-order valence-corrected chi connectivity index (χ1v) is 11.0. The largest absolute Gasteiger partial charge is 0.496 e. The third-order valence-corrected chi connectivity index (χ3v) is 6.61. The highest BCUT2D eigenvalue weighted by molar-refractivity contribution is 9.10. The van der Waals surface area contributed by atoms with Crippen LogP contribution in [0.1, 0.15) is 16.1 Å².